The Morgan fingerprint density at radius 3 is 2.33 bits per heavy atom. The molecule has 1 atom stereocenters. The molecule has 6 heteroatoms. The van der Waals surface area contributed by atoms with E-state index in [0.717, 1.165) is 20.1 Å². The first kappa shape index (κ1) is 17.1. The Bertz CT molecular complexity index is 664. The maximum Gasteiger partial charge on any atom is 0.138 e. The van der Waals surface area contributed by atoms with Gasteiger partial charge >= 0.3 is 0 Å². The highest BCUT2D eigenvalue weighted by atomic mass is 79.9. The lowest BCUT2D eigenvalue weighted by atomic mass is 9.98. The first-order valence-corrected chi connectivity index (χ1v) is 8.47. The summed E-state index contributed by atoms with van der Waals surface area (Å²) in [6.07, 6.45) is 0. The minimum absolute atomic E-state index is 0.0802. The molecule has 0 aliphatic rings. The molecule has 2 aromatic rings. The lowest BCUT2D eigenvalue weighted by Gasteiger charge is -2.21. The Kier molecular flexibility index (Phi) is 5.97. The second kappa shape index (κ2) is 7.34. The van der Waals surface area contributed by atoms with Crippen molar-refractivity contribution in [3.05, 3.63) is 60.4 Å². The molecular formula is C15H13Br2Cl2NO. The topological polar surface area (TPSA) is 21.3 Å². The van der Waals surface area contributed by atoms with E-state index in [1.165, 1.54) is 0 Å². The number of methoxy groups -OCH3 is 1. The normalized spacial score (nSPS) is 12.3. The van der Waals surface area contributed by atoms with Crippen molar-refractivity contribution >= 4 is 55.1 Å². The number of halogens is 4. The van der Waals surface area contributed by atoms with Crippen molar-refractivity contribution in [3.63, 3.8) is 0 Å². The molecule has 2 nitrogen and oxygen atoms in total. The van der Waals surface area contributed by atoms with Crippen molar-refractivity contribution in [2.45, 2.75) is 6.04 Å². The van der Waals surface area contributed by atoms with Crippen molar-refractivity contribution in [3.8, 4) is 5.75 Å². The molecule has 0 fully saturated rings. The molecule has 0 saturated heterocycles. The van der Waals surface area contributed by atoms with E-state index in [0.29, 0.717) is 15.8 Å². The van der Waals surface area contributed by atoms with Crippen molar-refractivity contribution in [1.82, 2.24) is 5.32 Å². The lowest BCUT2D eigenvalue weighted by molar-refractivity contribution is 0.415. The number of nitrogens with one attached hydrogen (secondary N) is 1. The van der Waals surface area contributed by atoms with Crippen LogP contribution in [0.15, 0.2) is 39.3 Å². The van der Waals surface area contributed by atoms with Crippen LogP contribution in [0, 0.1) is 0 Å². The number of hydrogen-bond acceptors (Lipinski definition) is 2. The van der Waals surface area contributed by atoms with Crippen molar-refractivity contribution < 1.29 is 4.74 Å². The Labute approximate surface area is 151 Å². The number of rotatable bonds is 4. The molecule has 0 saturated carbocycles. The summed E-state index contributed by atoms with van der Waals surface area (Å²) in [6.45, 7) is 0. The molecule has 0 amide bonds. The van der Waals surface area contributed by atoms with Crippen LogP contribution < -0.4 is 10.1 Å². The van der Waals surface area contributed by atoms with Crippen LogP contribution >= 0.6 is 55.1 Å². The molecule has 2 aromatic carbocycles. The highest BCUT2D eigenvalue weighted by molar-refractivity contribution is 9.11. The van der Waals surface area contributed by atoms with Gasteiger partial charge in [-0.25, -0.2) is 0 Å². The minimum Gasteiger partial charge on any atom is -0.495 e. The Morgan fingerprint density at radius 2 is 1.76 bits per heavy atom. The molecule has 0 bridgehead atoms. The summed E-state index contributed by atoms with van der Waals surface area (Å²) in [5, 5.41) is 4.41. The molecule has 112 valence electrons. The molecule has 0 heterocycles. The van der Waals surface area contributed by atoms with Crippen LogP contribution in [0.5, 0.6) is 5.75 Å². The second-order valence-corrected chi connectivity index (χ2v) is 6.98. The number of benzene rings is 2. The van der Waals surface area contributed by atoms with Gasteiger partial charge in [-0.3, -0.25) is 0 Å². The van der Waals surface area contributed by atoms with Gasteiger partial charge < -0.3 is 10.1 Å². The minimum atomic E-state index is -0.0802. The molecule has 1 unspecified atom stereocenters. The summed E-state index contributed by atoms with van der Waals surface area (Å²) in [5.74, 6) is 0.565. The summed E-state index contributed by atoms with van der Waals surface area (Å²) in [7, 11) is 3.45. The maximum atomic E-state index is 6.38. The van der Waals surface area contributed by atoms with Crippen LogP contribution in [0.4, 0.5) is 0 Å². The zero-order chi connectivity index (χ0) is 15.6. The van der Waals surface area contributed by atoms with Gasteiger partial charge in [0.2, 0.25) is 0 Å². The van der Waals surface area contributed by atoms with E-state index in [1.54, 1.807) is 13.2 Å². The average molecular weight is 454 g/mol. The summed E-state index contributed by atoms with van der Waals surface area (Å²) >= 11 is 19.6. The first-order valence-electron chi connectivity index (χ1n) is 6.13. The fourth-order valence-corrected chi connectivity index (χ4v) is 3.92. The van der Waals surface area contributed by atoms with E-state index in [9.17, 15) is 0 Å². The lowest BCUT2D eigenvalue weighted by Crippen LogP contribution is -2.18. The van der Waals surface area contributed by atoms with Gasteiger partial charge in [0, 0.05) is 20.0 Å². The molecule has 21 heavy (non-hydrogen) atoms. The van der Waals surface area contributed by atoms with Gasteiger partial charge in [0.25, 0.3) is 0 Å². The molecule has 0 aliphatic carbocycles. The molecule has 0 aliphatic heterocycles. The van der Waals surface area contributed by atoms with Gasteiger partial charge in [-0.2, -0.15) is 0 Å². The molecule has 0 spiro atoms. The van der Waals surface area contributed by atoms with E-state index < -0.39 is 0 Å². The maximum absolute atomic E-state index is 6.38. The van der Waals surface area contributed by atoms with Gasteiger partial charge in [0.1, 0.15) is 5.75 Å². The zero-order valence-electron chi connectivity index (χ0n) is 11.4. The SMILES string of the molecule is CNC(c1cc(Cl)c(OC)cc1Cl)c1ccc(Br)cc1Br. The molecule has 0 radical (unpaired) electrons. The van der Waals surface area contributed by atoms with Crippen molar-refractivity contribution in [2.75, 3.05) is 14.2 Å². The van der Waals surface area contributed by atoms with Gasteiger partial charge in [-0.1, -0.05) is 61.1 Å². The molecule has 1 N–H and O–H groups in total. The second-order valence-electron chi connectivity index (χ2n) is 4.40. The van der Waals surface area contributed by atoms with Crippen LogP contribution in [0.1, 0.15) is 17.2 Å². The van der Waals surface area contributed by atoms with E-state index in [2.05, 4.69) is 37.2 Å². The van der Waals surface area contributed by atoms with Gasteiger partial charge in [-0.15, -0.1) is 0 Å². The van der Waals surface area contributed by atoms with Crippen LogP contribution in [-0.4, -0.2) is 14.2 Å². The standard InChI is InChI=1S/C15H13Br2Cl2NO/c1-20-15(9-4-3-8(16)5-11(9)17)10-6-13(19)14(21-2)7-12(10)18/h3-7,15,20H,1-2H3. The van der Waals surface area contributed by atoms with E-state index in [-0.39, 0.29) is 6.04 Å². The van der Waals surface area contributed by atoms with Gasteiger partial charge in [0.05, 0.1) is 18.2 Å². The monoisotopic (exact) mass is 451 g/mol. The van der Waals surface area contributed by atoms with E-state index in [4.69, 9.17) is 27.9 Å². The number of hydrogen-bond donors (Lipinski definition) is 1. The fraction of sp³-hybridized carbons (Fsp3) is 0.200. The van der Waals surface area contributed by atoms with Gasteiger partial charge in [0.15, 0.2) is 0 Å². The van der Waals surface area contributed by atoms with Gasteiger partial charge in [-0.05, 0) is 36.4 Å². The number of ether oxygens (including phenoxy) is 1. The predicted octanol–water partition coefficient (Wildman–Crippen LogP) is 5.84. The van der Waals surface area contributed by atoms with E-state index >= 15 is 0 Å². The quantitative estimate of drug-likeness (QED) is 0.628. The predicted molar refractivity (Wildman–Crippen MR) is 95.8 cm³/mol. The molecule has 2 rings (SSSR count). The highest BCUT2D eigenvalue weighted by Gasteiger charge is 2.20. The van der Waals surface area contributed by atoms with Crippen molar-refractivity contribution in [1.29, 1.82) is 0 Å². The van der Waals surface area contributed by atoms with Crippen LogP contribution in [0.25, 0.3) is 0 Å². The van der Waals surface area contributed by atoms with E-state index in [1.807, 2.05) is 31.3 Å². The van der Waals surface area contributed by atoms with Crippen LogP contribution in [0.3, 0.4) is 0 Å². The van der Waals surface area contributed by atoms with Crippen LogP contribution in [-0.2, 0) is 0 Å². The third-order valence-electron chi connectivity index (χ3n) is 3.14. The first-order chi connectivity index (χ1) is 9.97. The smallest absolute Gasteiger partial charge is 0.138 e. The summed E-state index contributed by atoms with van der Waals surface area (Å²) in [4.78, 5) is 0. The van der Waals surface area contributed by atoms with Crippen molar-refractivity contribution in [2.24, 2.45) is 0 Å². The average Bonchev–Trinajstić information content (AvgIpc) is 2.45. The summed E-state index contributed by atoms with van der Waals surface area (Å²) < 4.78 is 7.18. The Hall–Kier alpha value is -0.260. The summed E-state index contributed by atoms with van der Waals surface area (Å²) in [5.41, 5.74) is 1.97. The zero-order valence-corrected chi connectivity index (χ0v) is 16.1. The largest absolute Gasteiger partial charge is 0.495 e. The molecular weight excluding hydrogens is 441 g/mol. The summed E-state index contributed by atoms with van der Waals surface area (Å²) in [6, 6.07) is 9.50. The third-order valence-corrected chi connectivity index (χ3v) is 4.95. The Balaban J connectivity index is 2.53. The highest BCUT2D eigenvalue weighted by Crippen LogP contribution is 2.38. The third kappa shape index (κ3) is 3.74. The van der Waals surface area contributed by atoms with Crippen LogP contribution in [0.2, 0.25) is 10.0 Å². The Morgan fingerprint density at radius 1 is 1.05 bits per heavy atom. The fourth-order valence-electron chi connectivity index (χ4n) is 2.14. The molecule has 0 aromatic heterocycles.